The molecule has 6 atom stereocenters. The molecule has 5 rings (SSSR count). The molecule has 2 aromatic rings. The molecule has 0 saturated heterocycles. The molecular formula is C26H28O5S. The summed E-state index contributed by atoms with van der Waals surface area (Å²) in [4.78, 5) is 26.5. The van der Waals surface area contributed by atoms with Gasteiger partial charge in [0.05, 0.1) is 5.25 Å². The highest BCUT2D eigenvalue weighted by molar-refractivity contribution is 8.00. The van der Waals surface area contributed by atoms with Crippen molar-refractivity contribution in [2.75, 3.05) is 0 Å². The molecule has 168 valence electrons. The van der Waals surface area contributed by atoms with Crippen molar-refractivity contribution < 1.29 is 24.5 Å². The summed E-state index contributed by atoms with van der Waals surface area (Å²) in [5.74, 6) is 0.740. The van der Waals surface area contributed by atoms with E-state index in [0.717, 1.165) is 36.1 Å². The molecule has 0 bridgehead atoms. The summed E-state index contributed by atoms with van der Waals surface area (Å²) < 4.78 is 5.75. The predicted octanol–water partition coefficient (Wildman–Crippen LogP) is 5.30. The SMILES string of the molecule is CC(=O)O[C@H]1CCC2C3C(Sc4ccc(O)cc4)C(=O)c4cc(O)ccc4C3CC[C@@]21C. The number of phenols is 2. The van der Waals surface area contributed by atoms with Gasteiger partial charge in [-0.2, -0.15) is 0 Å². The summed E-state index contributed by atoms with van der Waals surface area (Å²) in [6.07, 6.45) is 3.52. The molecule has 3 aliphatic rings. The standard InChI is InChI=1S/C26H28O5S/c1-14(27)31-22-10-9-21-23-19(11-12-26(21,22)2)18-8-5-16(29)13-20(18)24(30)25(23)32-17-6-3-15(28)4-7-17/h3-8,13,19,21-23,25,28-29H,9-12H2,1-2H3/t19?,21?,22-,23?,25?,26-/m0/s1. The van der Waals surface area contributed by atoms with Crippen molar-refractivity contribution in [3.8, 4) is 11.5 Å². The van der Waals surface area contributed by atoms with Crippen LogP contribution < -0.4 is 0 Å². The van der Waals surface area contributed by atoms with E-state index in [0.29, 0.717) is 5.56 Å². The van der Waals surface area contributed by atoms with E-state index in [1.807, 2.05) is 18.2 Å². The third-order valence-corrected chi connectivity index (χ3v) is 9.29. The Balaban J connectivity index is 1.57. The largest absolute Gasteiger partial charge is 0.508 e. The average molecular weight is 453 g/mol. The summed E-state index contributed by atoms with van der Waals surface area (Å²) in [5, 5.41) is 19.5. The molecule has 2 N–H and O–H groups in total. The first-order chi connectivity index (χ1) is 15.3. The summed E-state index contributed by atoms with van der Waals surface area (Å²) >= 11 is 1.55. The maximum atomic E-state index is 13.8. The third-order valence-electron chi connectivity index (χ3n) is 7.96. The fraction of sp³-hybridized carbons (Fsp3) is 0.462. The monoisotopic (exact) mass is 452 g/mol. The van der Waals surface area contributed by atoms with Crippen molar-refractivity contribution in [3.63, 3.8) is 0 Å². The Bertz CT molecular complexity index is 1060. The second-order valence-corrected chi connectivity index (χ2v) is 10.9. The number of thioether (sulfide) groups is 1. The minimum absolute atomic E-state index is 0.0513. The number of rotatable bonds is 3. The first kappa shape index (κ1) is 21.4. The molecular weight excluding hydrogens is 424 g/mol. The highest BCUT2D eigenvalue weighted by Crippen LogP contribution is 2.63. The summed E-state index contributed by atoms with van der Waals surface area (Å²) in [5.41, 5.74) is 1.52. The zero-order valence-electron chi connectivity index (χ0n) is 18.3. The van der Waals surface area contributed by atoms with E-state index in [1.54, 1.807) is 36.0 Å². The Morgan fingerprint density at radius 2 is 1.78 bits per heavy atom. The van der Waals surface area contributed by atoms with Crippen LogP contribution in [0.3, 0.4) is 0 Å². The molecule has 3 aliphatic carbocycles. The Morgan fingerprint density at radius 3 is 2.50 bits per heavy atom. The highest BCUT2D eigenvalue weighted by atomic mass is 32.2. The quantitative estimate of drug-likeness (QED) is 0.615. The van der Waals surface area contributed by atoms with Crippen LogP contribution in [0.25, 0.3) is 0 Å². The van der Waals surface area contributed by atoms with Crippen molar-refractivity contribution in [2.45, 2.75) is 61.7 Å². The number of esters is 1. The average Bonchev–Trinajstić information content (AvgIpc) is 3.08. The fourth-order valence-corrected chi connectivity index (χ4v) is 7.90. The smallest absolute Gasteiger partial charge is 0.302 e. The van der Waals surface area contributed by atoms with E-state index in [1.165, 1.54) is 6.92 Å². The normalized spacial score (nSPS) is 33.2. The van der Waals surface area contributed by atoms with Gasteiger partial charge in [0.2, 0.25) is 0 Å². The zero-order chi connectivity index (χ0) is 22.6. The number of carbonyl (C=O) groups excluding carboxylic acids is 2. The van der Waals surface area contributed by atoms with Crippen LogP contribution in [0.4, 0.5) is 0 Å². The van der Waals surface area contributed by atoms with Crippen LogP contribution in [0.1, 0.15) is 61.4 Å². The van der Waals surface area contributed by atoms with Crippen molar-refractivity contribution in [2.24, 2.45) is 17.3 Å². The number of carbonyl (C=O) groups is 2. The Hall–Kier alpha value is -2.47. The van der Waals surface area contributed by atoms with Gasteiger partial charge in [0, 0.05) is 22.8 Å². The number of hydrogen-bond acceptors (Lipinski definition) is 6. The molecule has 5 nitrogen and oxygen atoms in total. The van der Waals surface area contributed by atoms with Gasteiger partial charge >= 0.3 is 5.97 Å². The molecule has 0 aromatic heterocycles. The molecule has 2 aromatic carbocycles. The predicted molar refractivity (Wildman–Crippen MR) is 122 cm³/mol. The third kappa shape index (κ3) is 3.40. The Labute approximate surface area is 192 Å². The topological polar surface area (TPSA) is 83.8 Å². The van der Waals surface area contributed by atoms with Gasteiger partial charge in [0.25, 0.3) is 0 Å². The lowest BCUT2D eigenvalue weighted by atomic mass is 9.55. The van der Waals surface area contributed by atoms with E-state index in [4.69, 9.17) is 4.74 Å². The van der Waals surface area contributed by atoms with Gasteiger partial charge in [-0.05, 0) is 85.4 Å². The van der Waals surface area contributed by atoms with Crippen molar-refractivity contribution in [1.29, 1.82) is 0 Å². The van der Waals surface area contributed by atoms with Gasteiger partial charge in [-0.15, -0.1) is 11.8 Å². The van der Waals surface area contributed by atoms with E-state index in [9.17, 15) is 19.8 Å². The number of fused-ring (bicyclic) bond motifs is 5. The van der Waals surface area contributed by atoms with Crippen LogP contribution in [0.2, 0.25) is 0 Å². The fourth-order valence-electron chi connectivity index (χ4n) is 6.54. The van der Waals surface area contributed by atoms with Crippen LogP contribution in [-0.4, -0.2) is 33.3 Å². The molecule has 32 heavy (non-hydrogen) atoms. The number of hydrogen-bond donors (Lipinski definition) is 2. The zero-order valence-corrected chi connectivity index (χ0v) is 19.1. The molecule has 4 unspecified atom stereocenters. The van der Waals surface area contributed by atoms with Gasteiger partial charge in [-0.1, -0.05) is 13.0 Å². The summed E-state index contributed by atoms with van der Waals surface area (Å²) in [7, 11) is 0. The van der Waals surface area contributed by atoms with Crippen molar-refractivity contribution >= 4 is 23.5 Å². The first-order valence-electron chi connectivity index (χ1n) is 11.3. The van der Waals surface area contributed by atoms with Crippen LogP contribution in [0.15, 0.2) is 47.4 Å². The van der Waals surface area contributed by atoms with E-state index in [-0.39, 0.29) is 57.8 Å². The molecule has 0 radical (unpaired) electrons. The number of Topliss-reactive ketones (excluding diaryl/α,β-unsaturated/α-hetero) is 1. The summed E-state index contributed by atoms with van der Waals surface area (Å²) in [6, 6.07) is 12.2. The van der Waals surface area contributed by atoms with E-state index in [2.05, 4.69) is 6.92 Å². The van der Waals surface area contributed by atoms with Gasteiger partial charge in [0.15, 0.2) is 5.78 Å². The molecule has 0 heterocycles. The minimum Gasteiger partial charge on any atom is -0.508 e. The molecule has 0 aliphatic heterocycles. The molecule has 0 amide bonds. The number of benzene rings is 2. The van der Waals surface area contributed by atoms with Crippen LogP contribution in [0.5, 0.6) is 11.5 Å². The minimum atomic E-state index is -0.292. The first-order valence-corrected chi connectivity index (χ1v) is 12.2. The lowest BCUT2D eigenvalue weighted by Gasteiger charge is -2.52. The van der Waals surface area contributed by atoms with Gasteiger partial charge in [-0.3, -0.25) is 9.59 Å². The highest BCUT2D eigenvalue weighted by Gasteiger charge is 2.59. The maximum absolute atomic E-state index is 13.8. The molecule has 2 fully saturated rings. The Kier molecular flexibility index (Phi) is 5.24. The number of ether oxygens (including phenoxy) is 1. The summed E-state index contributed by atoms with van der Waals surface area (Å²) in [6.45, 7) is 3.70. The van der Waals surface area contributed by atoms with Crippen molar-refractivity contribution in [3.05, 3.63) is 53.6 Å². The van der Waals surface area contributed by atoms with Gasteiger partial charge in [-0.25, -0.2) is 0 Å². The van der Waals surface area contributed by atoms with Gasteiger partial charge < -0.3 is 14.9 Å². The van der Waals surface area contributed by atoms with Crippen LogP contribution >= 0.6 is 11.8 Å². The Morgan fingerprint density at radius 1 is 1.06 bits per heavy atom. The lowest BCUT2D eigenvalue weighted by Crippen LogP contribution is -2.50. The molecule has 6 heteroatoms. The molecule has 2 saturated carbocycles. The number of ketones is 1. The van der Waals surface area contributed by atoms with Crippen LogP contribution in [-0.2, 0) is 9.53 Å². The maximum Gasteiger partial charge on any atom is 0.302 e. The van der Waals surface area contributed by atoms with E-state index < -0.39 is 0 Å². The lowest BCUT2D eigenvalue weighted by molar-refractivity contribution is -0.154. The van der Waals surface area contributed by atoms with Crippen LogP contribution in [0, 0.1) is 17.3 Å². The number of phenolic OH excluding ortho intramolecular Hbond substituents is 2. The number of aromatic hydroxyl groups is 2. The van der Waals surface area contributed by atoms with E-state index >= 15 is 0 Å². The molecule has 0 spiro atoms. The van der Waals surface area contributed by atoms with Gasteiger partial charge in [0.1, 0.15) is 17.6 Å². The second-order valence-electron chi connectivity index (χ2n) is 9.68. The van der Waals surface area contributed by atoms with Crippen molar-refractivity contribution in [1.82, 2.24) is 0 Å². The second kappa shape index (κ2) is 7.84.